The predicted octanol–water partition coefficient (Wildman–Crippen LogP) is 4.51. The van der Waals surface area contributed by atoms with Crippen molar-refractivity contribution in [3.63, 3.8) is 0 Å². The lowest BCUT2D eigenvalue weighted by Gasteiger charge is -2.34. The summed E-state index contributed by atoms with van der Waals surface area (Å²) in [6, 6.07) is 18.3. The van der Waals surface area contributed by atoms with Crippen LogP contribution in [0.25, 0.3) is 0 Å². The zero-order valence-electron chi connectivity index (χ0n) is 17.3. The van der Waals surface area contributed by atoms with Crippen molar-refractivity contribution in [2.24, 2.45) is 0 Å². The van der Waals surface area contributed by atoms with Crippen LogP contribution in [0.15, 0.2) is 96.5 Å². The second kappa shape index (κ2) is 8.65. The molecule has 0 atom stereocenters. The first-order chi connectivity index (χ1) is 14.9. The van der Waals surface area contributed by atoms with Gasteiger partial charge in [0, 0.05) is 42.4 Å². The van der Waals surface area contributed by atoms with Crippen LogP contribution in [0, 0.1) is 6.92 Å². The zero-order valence-corrected chi connectivity index (χ0v) is 18.1. The second-order valence-electron chi connectivity index (χ2n) is 7.27. The predicted molar refractivity (Wildman–Crippen MR) is 121 cm³/mol. The smallest absolute Gasteiger partial charge is 0.175 e. The molecule has 0 saturated heterocycles. The van der Waals surface area contributed by atoms with Crippen LogP contribution < -0.4 is 4.90 Å². The van der Waals surface area contributed by atoms with Gasteiger partial charge in [0.25, 0.3) is 0 Å². The van der Waals surface area contributed by atoms with Gasteiger partial charge in [-0.15, -0.1) is 0 Å². The van der Waals surface area contributed by atoms with E-state index in [0.717, 1.165) is 28.2 Å². The van der Waals surface area contributed by atoms with Crippen LogP contribution >= 0.6 is 0 Å². The van der Waals surface area contributed by atoms with Crippen LogP contribution in [0.1, 0.15) is 22.9 Å². The molecular formula is C24H22N4O2S. The molecule has 0 N–H and O–H groups in total. The molecule has 0 saturated carbocycles. The minimum atomic E-state index is -3.37. The fourth-order valence-electron chi connectivity index (χ4n) is 3.48. The summed E-state index contributed by atoms with van der Waals surface area (Å²) >= 11 is 0. The molecule has 0 bridgehead atoms. The van der Waals surface area contributed by atoms with Crippen molar-refractivity contribution in [3.05, 3.63) is 108 Å². The molecule has 4 rings (SSSR count). The van der Waals surface area contributed by atoms with E-state index in [2.05, 4.69) is 19.9 Å². The molecule has 0 amide bonds. The van der Waals surface area contributed by atoms with Crippen LogP contribution in [0.2, 0.25) is 0 Å². The number of sulfone groups is 1. The summed E-state index contributed by atoms with van der Waals surface area (Å²) in [5, 5.41) is 0. The number of aryl methyl sites for hydroxylation is 1. The van der Waals surface area contributed by atoms with Gasteiger partial charge in [-0.3, -0.25) is 15.0 Å². The van der Waals surface area contributed by atoms with Gasteiger partial charge in [0.15, 0.2) is 9.84 Å². The molecule has 0 radical (unpaired) electrons. The van der Waals surface area contributed by atoms with Crippen LogP contribution in [-0.2, 0) is 9.84 Å². The molecule has 6 nitrogen and oxygen atoms in total. The number of nitrogens with zero attached hydrogens (tertiary/aromatic N) is 4. The minimum absolute atomic E-state index is 0.256. The van der Waals surface area contributed by atoms with E-state index in [0.29, 0.717) is 0 Å². The van der Waals surface area contributed by atoms with E-state index in [4.69, 9.17) is 0 Å². The van der Waals surface area contributed by atoms with E-state index in [1.165, 1.54) is 6.26 Å². The van der Waals surface area contributed by atoms with E-state index >= 15 is 0 Å². The third-order valence-electron chi connectivity index (χ3n) is 4.96. The maximum atomic E-state index is 12.2. The Morgan fingerprint density at radius 1 is 0.806 bits per heavy atom. The fraction of sp³-hybridized carbons (Fsp3) is 0.125. The number of rotatable bonds is 6. The highest BCUT2D eigenvalue weighted by Gasteiger charge is 2.26. The Morgan fingerprint density at radius 3 is 2.00 bits per heavy atom. The number of aromatic nitrogens is 3. The third-order valence-corrected chi connectivity index (χ3v) is 6.07. The van der Waals surface area contributed by atoms with Gasteiger partial charge in [-0.05, 0) is 60.5 Å². The van der Waals surface area contributed by atoms with Crippen molar-refractivity contribution in [1.82, 2.24) is 15.0 Å². The number of anilines is 2. The molecule has 156 valence electrons. The van der Waals surface area contributed by atoms with E-state index in [1.807, 2.05) is 61.8 Å². The topological polar surface area (TPSA) is 76.1 Å². The quantitative estimate of drug-likeness (QED) is 0.448. The van der Waals surface area contributed by atoms with Crippen LogP contribution in [0.3, 0.4) is 0 Å². The molecule has 0 aliphatic rings. The number of benzene rings is 1. The summed E-state index contributed by atoms with van der Waals surface area (Å²) in [7, 11) is -3.37. The van der Waals surface area contributed by atoms with Gasteiger partial charge < -0.3 is 4.90 Å². The molecule has 0 aliphatic carbocycles. The van der Waals surface area contributed by atoms with Crippen molar-refractivity contribution < 1.29 is 8.42 Å². The normalized spacial score (nSPS) is 11.5. The Labute approximate surface area is 182 Å². The van der Waals surface area contributed by atoms with Crippen molar-refractivity contribution in [2.45, 2.75) is 17.9 Å². The Bertz CT molecular complexity index is 1220. The van der Waals surface area contributed by atoms with Crippen LogP contribution in [0.5, 0.6) is 0 Å². The molecule has 0 aliphatic heterocycles. The highest BCUT2D eigenvalue weighted by atomic mass is 32.2. The largest absolute Gasteiger partial charge is 0.328 e. The first-order valence-corrected chi connectivity index (χ1v) is 11.6. The first kappa shape index (κ1) is 20.7. The molecule has 4 aromatic rings. The Morgan fingerprint density at radius 2 is 1.48 bits per heavy atom. The average molecular weight is 431 g/mol. The summed E-state index contributed by atoms with van der Waals surface area (Å²) in [6.07, 6.45) is 10.1. The van der Waals surface area contributed by atoms with Gasteiger partial charge >= 0.3 is 0 Å². The molecule has 3 aromatic heterocycles. The lowest BCUT2D eigenvalue weighted by molar-refractivity contribution is 0.602. The second-order valence-corrected chi connectivity index (χ2v) is 9.29. The van der Waals surface area contributed by atoms with E-state index < -0.39 is 9.84 Å². The molecule has 3 heterocycles. The maximum Gasteiger partial charge on any atom is 0.175 e. The summed E-state index contributed by atoms with van der Waals surface area (Å²) < 4.78 is 24.5. The van der Waals surface area contributed by atoms with Crippen LogP contribution in [0.4, 0.5) is 11.4 Å². The molecular weight excluding hydrogens is 408 g/mol. The summed E-state index contributed by atoms with van der Waals surface area (Å²) in [5.41, 5.74) is 4.34. The van der Waals surface area contributed by atoms with Gasteiger partial charge in [0.2, 0.25) is 0 Å². The minimum Gasteiger partial charge on any atom is -0.328 e. The molecule has 7 heteroatoms. The van der Waals surface area contributed by atoms with Crippen molar-refractivity contribution in [1.29, 1.82) is 0 Å². The molecule has 0 spiro atoms. The van der Waals surface area contributed by atoms with Gasteiger partial charge in [-0.25, -0.2) is 8.42 Å². The third kappa shape index (κ3) is 4.62. The summed E-state index contributed by atoms with van der Waals surface area (Å²) in [4.78, 5) is 15.4. The lowest BCUT2D eigenvalue weighted by atomic mass is 9.98. The Hall–Kier alpha value is -3.58. The SMILES string of the molecule is Cc1ccc(N(c2cccc(S(C)(=O)=O)c2)C(c2cccnc2)c2cccnc2)cn1. The van der Waals surface area contributed by atoms with E-state index in [1.54, 1.807) is 36.8 Å². The van der Waals surface area contributed by atoms with E-state index in [9.17, 15) is 8.42 Å². The lowest BCUT2D eigenvalue weighted by Crippen LogP contribution is -2.25. The van der Waals surface area contributed by atoms with E-state index in [-0.39, 0.29) is 10.9 Å². The van der Waals surface area contributed by atoms with Crippen molar-refractivity contribution >= 4 is 21.2 Å². The molecule has 0 fully saturated rings. The highest BCUT2D eigenvalue weighted by Crippen LogP contribution is 2.39. The molecule has 1 aromatic carbocycles. The number of pyridine rings is 3. The van der Waals surface area contributed by atoms with Gasteiger partial charge in [-0.1, -0.05) is 18.2 Å². The molecule has 31 heavy (non-hydrogen) atoms. The standard InChI is InChI=1S/C24H22N4O2S/c1-18-10-11-22(17-27-18)28(21-8-3-9-23(14-21)31(2,29)30)24(19-6-4-12-25-15-19)20-7-5-13-26-16-20/h3-17,24H,1-2H3. The van der Waals surface area contributed by atoms with Gasteiger partial charge in [0.05, 0.1) is 22.8 Å². The first-order valence-electron chi connectivity index (χ1n) is 9.75. The Kier molecular flexibility index (Phi) is 5.77. The monoisotopic (exact) mass is 430 g/mol. The zero-order chi connectivity index (χ0) is 21.8. The average Bonchev–Trinajstić information content (AvgIpc) is 2.79. The van der Waals surface area contributed by atoms with Gasteiger partial charge in [-0.2, -0.15) is 0 Å². The number of hydrogen-bond donors (Lipinski definition) is 0. The maximum absolute atomic E-state index is 12.2. The Balaban J connectivity index is 1.97. The fourth-order valence-corrected chi connectivity index (χ4v) is 4.14. The van der Waals surface area contributed by atoms with Crippen molar-refractivity contribution in [3.8, 4) is 0 Å². The number of hydrogen-bond acceptors (Lipinski definition) is 6. The van der Waals surface area contributed by atoms with Crippen LogP contribution in [-0.4, -0.2) is 29.6 Å². The molecule has 0 unspecified atom stereocenters. The van der Waals surface area contributed by atoms with Crippen molar-refractivity contribution in [2.75, 3.05) is 11.2 Å². The summed E-state index contributed by atoms with van der Waals surface area (Å²) in [5.74, 6) is 0. The summed E-state index contributed by atoms with van der Waals surface area (Å²) in [6.45, 7) is 1.93. The van der Waals surface area contributed by atoms with Gasteiger partial charge in [0.1, 0.15) is 0 Å². The highest BCUT2D eigenvalue weighted by molar-refractivity contribution is 7.90.